The van der Waals surface area contributed by atoms with Crippen LogP contribution in [0.3, 0.4) is 0 Å². The lowest BCUT2D eigenvalue weighted by atomic mass is 10.1. The van der Waals surface area contributed by atoms with E-state index in [2.05, 4.69) is 0 Å². The normalized spacial score (nSPS) is 10.4. The molecule has 110 valence electrons. The van der Waals surface area contributed by atoms with E-state index < -0.39 is 5.63 Å². The molecule has 0 radical (unpaired) electrons. The molecule has 0 saturated carbocycles. The molecule has 4 nitrogen and oxygen atoms in total. The third-order valence-corrected chi connectivity index (χ3v) is 3.32. The van der Waals surface area contributed by atoms with E-state index in [1.807, 2.05) is 30.3 Å². The first-order valence-electron chi connectivity index (χ1n) is 6.88. The molecule has 0 atom stereocenters. The van der Waals surface area contributed by atoms with Gasteiger partial charge in [0.05, 0.1) is 0 Å². The summed E-state index contributed by atoms with van der Waals surface area (Å²) in [5.41, 5.74) is 1.40. The van der Waals surface area contributed by atoms with Crippen molar-refractivity contribution in [3.8, 4) is 0 Å². The average Bonchev–Trinajstić information content (AvgIpc) is 2.45. The van der Waals surface area contributed by atoms with Crippen molar-refractivity contribution in [3.63, 3.8) is 0 Å². The highest BCUT2D eigenvalue weighted by molar-refractivity contribution is 5.94. The van der Waals surface area contributed by atoms with Crippen molar-refractivity contribution >= 4 is 5.91 Å². The number of hydrogen-bond donors (Lipinski definition) is 0. The van der Waals surface area contributed by atoms with Crippen molar-refractivity contribution in [2.75, 3.05) is 14.1 Å². The Morgan fingerprint density at radius 1 is 1.14 bits per heavy atom. The molecular formula is C17H19NO3. The molecule has 1 aromatic carbocycles. The molecule has 4 heteroatoms. The molecule has 0 aliphatic heterocycles. The predicted molar refractivity (Wildman–Crippen MR) is 81.6 cm³/mol. The van der Waals surface area contributed by atoms with Crippen molar-refractivity contribution in [3.05, 3.63) is 69.3 Å². The minimum atomic E-state index is -0.559. The zero-order valence-corrected chi connectivity index (χ0v) is 12.6. The molecule has 0 aliphatic rings. The van der Waals surface area contributed by atoms with E-state index in [0.29, 0.717) is 17.7 Å². The maximum atomic E-state index is 12.0. The molecule has 1 aromatic heterocycles. The quantitative estimate of drug-likeness (QED) is 0.867. The summed E-state index contributed by atoms with van der Waals surface area (Å²) in [7, 11) is 3.23. The second kappa shape index (κ2) is 6.39. The molecule has 1 heterocycles. The van der Waals surface area contributed by atoms with E-state index in [4.69, 9.17) is 4.42 Å². The molecule has 0 unspecified atom stereocenters. The second-order valence-electron chi connectivity index (χ2n) is 5.24. The fraction of sp³-hybridized carbons (Fsp3) is 0.294. The largest absolute Gasteiger partial charge is 0.427 e. The van der Waals surface area contributed by atoms with Crippen LogP contribution in [0.1, 0.15) is 27.2 Å². The summed E-state index contributed by atoms with van der Waals surface area (Å²) < 4.78 is 5.28. The van der Waals surface area contributed by atoms with Crippen LogP contribution in [0.5, 0.6) is 0 Å². The van der Waals surface area contributed by atoms with Gasteiger partial charge in [-0.3, -0.25) is 4.79 Å². The van der Waals surface area contributed by atoms with Crippen LogP contribution in [0.15, 0.2) is 45.6 Å². The van der Waals surface area contributed by atoms with Gasteiger partial charge in [0, 0.05) is 20.5 Å². The Morgan fingerprint density at radius 3 is 2.38 bits per heavy atom. The Morgan fingerprint density at radius 2 is 1.81 bits per heavy atom. The fourth-order valence-electron chi connectivity index (χ4n) is 2.19. The van der Waals surface area contributed by atoms with Gasteiger partial charge in [-0.2, -0.15) is 0 Å². The highest BCUT2D eigenvalue weighted by Gasteiger charge is 2.18. The third-order valence-electron chi connectivity index (χ3n) is 3.32. The molecule has 0 spiro atoms. The van der Waals surface area contributed by atoms with Crippen LogP contribution >= 0.6 is 0 Å². The fourth-order valence-corrected chi connectivity index (χ4v) is 2.19. The van der Waals surface area contributed by atoms with Crippen LogP contribution < -0.4 is 5.63 Å². The number of carbonyl (C=O) groups excluding carboxylic acids is 1. The standard InChI is InChI=1S/C17H19NO3/c1-12-11-14(10-9-13-7-5-4-6-8-13)21-17(20)15(12)16(19)18(2)3/h4-8,11H,9-10H2,1-3H3. The average molecular weight is 285 g/mol. The maximum absolute atomic E-state index is 12.0. The van der Waals surface area contributed by atoms with Crippen molar-refractivity contribution < 1.29 is 9.21 Å². The Balaban J connectivity index is 2.20. The second-order valence-corrected chi connectivity index (χ2v) is 5.24. The molecule has 0 aliphatic carbocycles. The third kappa shape index (κ3) is 3.60. The van der Waals surface area contributed by atoms with E-state index in [-0.39, 0.29) is 11.5 Å². The summed E-state index contributed by atoms with van der Waals surface area (Å²) in [6, 6.07) is 11.8. The van der Waals surface area contributed by atoms with Crippen LogP contribution in [0.4, 0.5) is 0 Å². The van der Waals surface area contributed by atoms with Gasteiger partial charge in [-0.1, -0.05) is 30.3 Å². The summed E-state index contributed by atoms with van der Waals surface area (Å²) in [4.78, 5) is 25.3. The summed E-state index contributed by atoms with van der Waals surface area (Å²) in [6.07, 6.45) is 1.43. The Hall–Kier alpha value is -2.36. The van der Waals surface area contributed by atoms with E-state index in [1.54, 1.807) is 27.1 Å². The zero-order valence-electron chi connectivity index (χ0n) is 12.6. The van der Waals surface area contributed by atoms with Gasteiger partial charge in [0.2, 0.25) is 0 Å². The zero-order chi connectivity index (χ0) is 15.4. The van der Waals surface area contributed by atoms with Gasteiger partial charge in [0.15, 0.2) is 0 Å². The number of amides is 1. The van der Waals surface area contributed by atoms with Gasteiger partial charge < -0.3 is 9.32 Å². The highest BCUT2D eigenvalue weighted by Crippen LogP contribution is 2.11. The van der Waals surface area contributed by atoms with Gasteiger partial charge in [-0.05, 0) is 30.5 Å². The molecular weight excluding hydrogens is 266 g/mol. The van der Waals surface area contributed by atoms with Gasteiger partial charge in [-0.15, -0.1) is 0 Å². The SMILES string of the molecule is Cc1cc(CCc2ccccc2)oc(=O)c1C(=O)N(C)C. The molecule has 0 fully saturated rings. The van der Waals surface area contributed by atoms with E-state index >= 15 is 0 Å². The van der Waals surface area contributed by atoms with Crippen molar-refractivity contribution in [2.45, 2.75) is 19.8 Å². The highest BCUT2D eigenvalue weighted by atomic mass is 16.4. The number of aryl methyl sites for hydroxylation is 3. The van der Waals surface area contributed by atoms with Crippen molar-refractivity contribution in [1.82, 2.24) is 4.90 Å². The minimum absolute atomic E-state index is 0.114. The summed E-state index contributed by atoms with van der Waals surface area (Å²) in [6.45, 7) is 1.76. The molecule has 1 amide bonds. The van der Waals surface area contributed by atoms with Crippen LogP contribution in [0, 0.1) is 6.92 Å². The summed E-state index contributed by atoms with van der Waals surface area (Å²) >= 11 is 0. The van der Waals surface area contributed by atoms with Crippen LogP contribution in [0.2, 0.25) is 0 Å². The topological polar surface area (TPSA) is 50.5 Å². The van der Waals surface area contributed by atoms with Crippen LogP contribution in [-0.4, -0.2) is 24.9 Å². The van der Waals surface area contributed by atoms with Gasteiger partial charge in [0.1, 0.15) is 11.3 Å². The number of benzene rings is 1. The minimum Gasteiger partial charge on any atom is -0.427 e. The lowest BCUT2D eigenvalue weighted by Crippen LogP contribution is -2.28. The number of carbonyl (C=O) groups is 1. The van der Waals surface area contributed by atoms with Crippen LogP contribution in [0.25, 0.3) is 0 Å². The molecule has 21 heavy (non-hydrogen) atoms. The maximum Gasteiger partial charge on any atom is 0.349 e. The molecule has 2 aromatic rings. The van der Waals surface area contributed by atoms with Crippen LogP contribution in [-0.2, 0) is 12.8 Å². The van der Waals surface area contributed by atoms with Gasteiger partial charge in [0.25, 0.3) is 5.91 Å². The summed E-state index contributed by atoms with van der Waals surface area (Å²) in [5.74, 6) is 0.285. The van der Waals surface area contributed by atoms with Crippen molar-refractivity contribution in [1.29, 1.82) is 0 Å². The lowest BCUT2D eigenvalue weighted by Gasteiger charge is -2.11. The first-order chi connectivity index (χ1) is 9.99. The number of rotatable bonds is 4. The molecule has 2 rings (SSSR count). The predicted octanol–water partition coefficient (Wildman–Crippen LogP) is 2.44. The monoisotopic (exact) mass is 285 g/mol. The Kier molecular flexibility index (Phi) is 4.58. The van der Waals surface area contributed by atoms with Crippen molar-refractivity contribution in [2.24, 2.45) is 0 Å². The van der Waals surface area contributed by atoms with E-state index in [0.717, 1.165) is 6.42 Å². The van der Waals surface area contributed by atoms with Gasteiger partial charge >= 0.3 is 5.63 Å². The van der Waals surface area contributed by atoms with E-state index in [1.165, 1.54) is 10.5 Å². The number of nitrogens with zero attached hydrogens (tertiary/aromatic N) is 1. The number of hydrogen-bond acceptors (Lipinski definition) is 3. The lowest BCUT2D eigenvalue weighted by molar-refractivity contribution is 0.0822. The molecule has 0 N–H and O–H groups in total. The molecule has 0 bridgehead atoms. The summed E-state index contributed by atoms with van der Waals surface area (Å²) in [5, 5.41) is 0. The van der Waals surface area contributed by atoms with E-state index in [9.17, 15) is 9.59 Å². The first kappa shape index (κ1) is 15.0. The van der Waals surface area contributed by atoms with Gasteiger partial charge in [-0.25, -0.2) is 4.79 Å². The smallest absolute Gasteiger partial charge is 0.349 e. The molecule has 0 saturated heterocycles. The first-order valence-corrected chi connectivity index (χ1v) is 6.88. The Labute approximate surface area is 124 Å². The Bertz CT molecular complexity index is 687.